The van der Waals surface area contributed by atoms with E-state index in [-0.39, 0.29) is 11.7 Å². The topological polar surface area (TPSA) is 44.4 Å². The Kier molecular flexibility index (Phi) is 4.89. The highest BCUT2D eigenvalue weighted by Crippen LogP contribution is 2.16. The molecular weight excluding hydrogens is 264 g/mol. The smallest absolute Gasteiger partial charge is 0.321 e. The van der Waals surface area contributed by atoms with Gasteiger partial charge in [-0.05, 0) is 38.4 Å². The molecule has 1 saturated heterocycles. The average molecular weight is 283 g/mol. The molecule has 2 N–H and O–H groups in total. The van der Waals surface area contributed by atoms with Crippen LogP contribution in [0.5, 0.6) is 0 Å². The molecule has 1 aromatic carbocycles. The summed E-state index contributed by atoms with van der Waals surface area (Å²) in [5.41, 5.74) is -0.00534. The standard InChI is InChI=1S/C14H19F2N3O/c1-2-19(9-11-4-3-7-17-11)14(20)18-13-6-5-10(15)8-12(13)16/h5-6,8,11,17H,2-4,7,9H2,1H3,(H,18,20). The molecule has 0 saturated carbocycles. The Hall–Kier alpha value is -1.69. The first kappa shape index (κ1) is 14.7. The molecular formula is C14H19F2N3O. The van der Waals surface area contributed by atoms with Crippen molar-refractivity contribution in [1.29, 1.82) is 0 Å². The predicted molar refractivity (Wildman–Crippen MR) is 73.6 cm³/mol. The average Bonchev–Trinajstić information content (AvgIpc) is 2.92. The van der Waals surface area contributed by atoms with Gasteiger partial charge in [0.15, 0.2) is 0 Å². The highest BCUT2D eigenvalue weighted by molar-refractivity contribution is 5.89. The number of anilines is 1. The van der Waals surface area contributed by atoms with Crippen LogP contribution in [0, 0.1) is 11.6 Å². The lowest BCUT2D eigenvalue weighted by Crippen LogP contribution is -2.43. The van der Waals surface area contributed by atoms with Crippen molar-refractivity contribution < 1.29 is 13.6 Å². The van der Waals surface area contributed by atoms with Crippen molar-refractivity contribution in [3.05, 3.63) is 29.8 Å². The van der Waals surface area contributed by atoms with Crippen molar-refractivity contribution in [1.82, 2.24) is 10.2 Å². The Morgan fingerprint density at radius 3 is 2.90 bits per heavy atom. The predicted octanol–water partition coefficient (Wildman–Crippen LogP) is 2.57. The molecule has 20 heavy (non-hydrogen) atoms. The van der Waals surface area contributed by atoms with Gasteiger partial charge in [-0.25, -0.2) is 13.6 Å². The molecule has 0 spiro atoms. The summed E-state index contributed by atoms with van der Waals surface area (Å²) in [5, 5.41) is 5.79. The highest BCUT2D eigenvalue weighted by atomic mass is 19.1. The van der Waals surface area contributed by atoms with E-state index in [4.69, 9.17) is 0 Å². The quantitative estimate of drug-likeness (QED) is 0.892. The van der Waals surface area contributed by atoms with Gasteiger partial charge in [0.05, 0.1) is 5.69 Å². The molecule has 1 heterocycles. The number of halogens is 2. The molecule has 1 fully saturated rings. The summed E-state index contributed by atoms with van der Waals surface area (Å²) < 4.78 is 26.3. The van der Waals surface area contributed by atoms with E-state index in [0.29, 0.717) is 19.1 Å². The maximum atomic E-state index is 13.5. The van der Waals surface area contributed by atoms with Crippen molar-refractivity contribution in [2.75, 3.05) is 25.0 Å². The molecule has 0 radical (unpaired) electrons. The van der Waals surface area contributed by atoms with Crippen LogP contribution in [0.25, 0.3) is 0 Å². The summed E-state index contributed by atoms with van der Waals surface area (Å²) in [6, 6.07) is 3.02. The molecule has 110 valence electrons. The largest absolute Gasteiger partial charge is 0.323 e. The van der Waals surface area contributed by atoms with E-state index in [1.54, 1.807) is 4.90 Å². The number of likely N-dealkylation sites (N-methyl/N-ethyl adjacent to an activating group) is 1. The summed E-state index contributed by atoms with van der Waals surface area (Å²) >= 11 is 0. The molecule has 0 aromatic heterocycles. The molecule has 1 unspecified atom stereocenters. The first-order valence-electron chi connectivity index (χ1n) is 6.84. The van der Waals surface area contributed by atoms with Crippen LogP contribution in [0.1, 0.15) is 19.8 Å². The number of rotatable bonds is 4. The molecule has 1 atom stereocenters. The molecule has 1 aliphatic rings. The van der Waals surface area contributed by atoms with Gasteiger partial charge in [-0.3, -0.25) is 0 Å². The van der Waals surface area contributed by atoms with E-state index in [0.717, 1.165) is 31.5 Å². The fraction of sp³-hybridized carbons (Fsp3) is 0.500. The normalized spacial score (nSPS) is 18.1. The molecule has 1 aliphatic heterocycles. The Labute approximate surface area is 117 Å². The van der Waals surface area contributed by atoms with Gasteiger partial charge in [-0.1, -0.05) is 0 Å². The second kappa shape index (κ2) is 6.65. The van der Waals surface area contributed by atoms with Gasteiger partial charge in [0.2, 0.25) is 0 Å². The molecule has 0 bridgehead atoms. The Morgan fingerprint density at radius 1 is 1.50 bits per heavy atom. The number of benzene rings is 1. The van der Waals surface area contributed by atoms with Crippen molar-refractivity contribution in [2.24, 2.45) is 0 Å². The molecule has 2 rings (SSSR count). The number of nitrogens with one attached hydrogen (secondary N) is 2. The number of amides is 2. The first-order valence-corrected chi connectivity index (χ1v) is 6.84. The maximum Gasteiger partial charge on any atom is 0.321 e. The van der Waals surface area contributed by atoms with E-state index in [1.807, 2.05) is 6.92 Å². The Balaban J connectivity index is 1.97. The summed E-state index contributed by atoms with van der Waals surface area (Å²) in [4.78, 5) is 13.7. The number of carbonyl (C=O) groups excluding carboxylic acids is 1. The fourth-order valence-corrected chi connectivity index (χ4v) is 2.32. The minimum absolute atomic E-state index is 0.00534. The lowest BCUT2D eigenvalue weighted by Gasteiger charge is -2.24. The second-order valence-electron chi connectivity index (χ2n) is 4.89. The molecule has 6 heteroatoms. The minimum atomic E-state index is -0.770. The fourth-order valence-electron chi connectivity index (χ4n) is 2.32. The number of hydrogen-bond acceptors (Lipinski definition) is 2. The van der Waals surface area contributed by atoms with E-state index in [9.17, 15) is 13.6 Å². The zero-order chi connectivity index (χ0) is 14.5. The van der Waals surface area contributed by atoms with E-state index in [1.165, 1.54) is 6.07 Å². The summed E-state index contributed by atoms with van der Waals surface area (Å²) in [5.74, 6) is -1.43. The van der Waals surface area contributed by atoms with Gasteiger partial charge in [0, 0.05) is 25.2 Å². The Bertz CT molecular complexity index is 475. The zero-order valence-corrected chi connectivity index (χ0v) is 11.5. The van der Waals surface area contributed by atoms with Crippen LogP contribution in [0.15, 0.2) is 18.2 Å². The third-order valence-corrected chi connectivity index (χ3v) is 3.44. The monoisotopic (exact) mass is 283 g/mol. The molecule has 4 nitrogen and oxygen atoms in total. The summed E-state index contributed by atoms with van der Waals surface area (Å²) in [7, 11) is 0. The van der Waals surface area contributed by atoms with Crippen LogP contribution in [0.3, 0.4) is 0 Å². The summed E-state index contributed by atoms with van der Waals surface area (Å²) in [6.45, 7) is 3.96. The third kappa shape index (κ3) is 3.66. The number of urea groups is 1. The van der Waals surface area contributed by atoms with Crippen molar-refractivity contribution in [3.63, 3.8) is 0 Å². The van der Waals surface area contributed by atoms with E-state index in [2.05, 4.69) is 10.6 Å². The van der Waals surface area contributed by atoms with Crippen LogP contribution in [-0.4, -0.2) is 36.6 Å². The molecule has 1 aromatic rings. The maximum absolute atomic E-state index is 13.5. The van der Waals surface area contributed by atoms with Gasteiger partial charge >= 0.3 is 6.03 Å². The third-order valence-electron chi connectivity index (χ3n) is 3.44. The van der Waals surface area contributed by atoms with Gasteiger partial charge in [-0.15, -0.1) is 0 Å². The van der Waals surface area contributed by atoms with Gasteiger partial charge < -0.3 is 15.5 Å². The molecule has 0 aliphatic carbocycles. The van der Waals surface area contributed by atoms with Crippen LogP contribution in [-0.2, 0) is 0 Å². The number of carbonyl (C=O) groups is 1. The number of nitrogens with zero attached hydrogens (tertiary/aromatic N) is 1. The lowest BCUT2D eigenvalue weighted by atomic mass is 10.2. The highest BCUT2D eigenvalue weighted by Gasteiger charge is 2.21. The SMILES string of the molecule is CCN(CC1CCCN1)C(=O)Nc1ccc(F)cc1F. The van der Waals surface area contributed by atoms with E-state index < -0.39 is 11.6 Å². The van der Waals surface area contributed by atoms with Gasteiger partial charge in [0.1, 0.15) is 11.6 Å². The van der Waals surface area contributed by atoms with Crippen molar-refractivity contribution in [2.45, 2.75) is 25.8 Å². The van der Waals surface area contributed by atoms with Crippen LogP contribution in [0.4, 0.5) is 19.3 Å². The molecule has 2 amide bonds. The first-order chi connectivity index (χ1) is 9.60. The van der Waals surface area contributed by atoms with Crippen LogP contribution in [0.2, 0.25) is 0 Å². The lowest BCUT2D eigenvalue weighted by molar-refractivity contribution is 0.209. The van der Waals surface area contributed by atoms with Crippen LogP contribution >= 0.6 is 0 Å². The van der Waals surface area contributed by atoms with Crippen molar-refractivity contribution in [3.8, 4) is 0 Å². The van der Waals surface area contributed by atoms with Crippen molar-refractivity contribution >= 4 is 11.7 Å². The zero-order valence-electron chi connectivity index (χ0n) is 11.5. The second-order valence-corrected chi connectivity index (χ2v) is 4.89. The number of hydrogen-bond donors (Lipinski definition) is 2. The minimum Gasteiger partial charge on any atom is -0.323 e. The van der Waals surface area contributed by atoms with Gasteiger partial charge in [-0.2, -0.15) is 0 Å². The van der Waals surface area contributed by atoms with E-state index >= 15 is 0 Å². The summed E-state index contributed by atoms with van der Waals surface area (Å²) in [6.07, 6.45) is 2.14. The Morgan fingerprint density at radius 2 is 2.30 bits per heavy atom. The van der Waals surface area contributed by atoms with Crippen LogP contribution < -0.4 is 10.6 Å². The van der Waals surface area contributed by atoms with Gasteiger partial charge in [0.25, 0.3) is 0 Å².